The van der Waals surface area contributed by atoms with Crippen molar-refractivity contribution in [2.75, 3.05) is 21.1 Å². The van der Waals surface area contributed by atoms with Crippen molar-refractivity contribution in [2.24, 2.45) is 0 Å². The van der Waals surface area contributed by atoms with E-state index in [4.69, 9.17) is 5.26 Å². The molecule has 0 heterocycles. The lowest BCUT2D eigenvalue weighted by Gasteiger charge is -1.90. The quantitative estimate of drug-likeness (QED) is 0.422. The first kappa shape index (κ1) is 10.4. The second-order valence-electron chi connectivity index (χ2n) is 1.58. The molecule has 0 saturated carbocycles. The minimum atomic E-state index is -0.0694. The number of hydrogen-bond donors (Lipinski definition) is 0. The van der Waals surface area contributed by atoms with Crippen molar-refractivity contribution in [1.82, 2.24) is 4.90 Å². The number of nitrogens with zero attached hydrogens (tertiary/aromatic N) is 2. The van der Waals surface area contributed by atoms with Gasteiger partial charge in [0.25, 0.3) is 0 Å². The average molecular weight is 115 g/mol. The Morgan fingerprint density at radius 3 is 1.62 bits per heavy atom. The van der Waals surface area contributed by atoms with Gasteiger partial charge in [-0.05, 0) is 21.1 Å². The van der Waals surface area contributed by atoms with Crippen LogP contribution in [0.3, 0.4) is 0 Å². The van der Waals surface area contributed by atoms with E-state index in [1.54, 1.807) is 0 Å². The van der Waals surface area contributed by atoms with Crippen LogP contribution in [-0.4, -0.2) is 33.6 Å². The summed E-state index contributed by atoms with van der Waals surface area (Å²) >= 11 is 0. The molecule has 8 heavy (non-hydrogen) atoms. The first-order valence-electron chi connectivity index (χ1n) is 2.07. The van der Waals surface area contributed by atoms with Crippen LogP contribution in [0.5, 0.6) is 0 Å². The summed E-state index contributed by atoms with van der Waals surface area (Å²) in [6, 6.07) is 0. The Hall–Kier alpha value is -0.555. The van der Waals surface area contributed by atoms with E-state index < -0.39 is 0 Å². The number of halogens is 1. The molecule has 0 aliphatic heterocycles. The summed E-state index contributed by atoms with van der Waals surface area (Å²) in [5, 5.41) is 7.19. The van der Waals surface area contributed by atoms with Crippen LogP contribution in [0.2, 0.25) is 0 Å². The lowest BCUT2D eigenvalue weighted by molar-refractivity contribution is 0.505. The number of hydrogen-bond acceptors (Lipinski definition) is 2. The van der Waals surface area contributed by atoms with Gasteiger partial charge in [0.15, 0.2) is 0 Å². The fraction of sp³-hybridized carbons (Fsp3) is 0.750. The molecule has 0 aromatic heterocycles. The van der Waals surface area contributed by atoms with Gasteiger partial charge in [-0.2, -0.15) is 0 Å². The maximum atomic E-state index is 10.2. The Morgan fingerprint density at radius 2 is 1.62 bits per heavy atom. The summed E-state index contributed by atoms with van der Waals surface area (Å²) in [5.41, 5.74) is 0. The van der Waals surface area contributed by atoms with Crippen molar-refractivity contribution >= 4 is 7.56 Å². The van der Waals surface area contributed by atoms with Crippen molar-refractivity contribution in [3.63, 3.8) is 0 Å². The largest absolute Gasteiger partial charge is 0.483 e. The van der Waals surface area contributed by atoms with Crippen LogP contribution < -0.4 is 0 Å². The van der Waals surface area contributed by atoms with E-state index in [0.29, 0.717) is 0 Å². The topological polar surface area (TPSA) is 27.0 Å². The minimum absolute atomic E-state index is 0.0694. The molecule has 0 unspecified atom stereocenters. The Bertz CT molecular complexity index is 66.2. The van der Waals surface area contributed by atoms with E-state index in [9.17, 15) is 4.32 Å². The van der Waals surface area contributed by atoms with E-state index in [1.165, 1.54) is 0 Å². The van der Waals surface area contributed by atoms with Gasteiger partial charge < -0.3 is 9.22 Å². The van der Waals surface area contributed by atoms with Gasteiger partial charge in [-0.3, -0.25) is 0 Å². The van der Waals surface area contributed by atoms with Crippen LogP contribution in [0.1, 0.15) is 0 Å². The highest BCUT2D eigenvalue weighted by molar-refractivity contribution is 6.36. The highest BCUT2D eigenvalue weighted by Gasteiger charge is 1.67. The lowest BCUT2D eigenvalue weighted by Crippen LogP contribution is -1.99. The van der Waals surface area contributed by atoms with Gasteiger partial charge in [0, 0.05) is 5.97 Å². The van der Waals surface area contributed by atoms with E-state index >= 15 is 0 Å². The summed E-state index contributed by atoms with van der Waals surface area (Å²) in [6.45, 7) is 0. The third kappa shape index (κ3) is 543. The van der Waals surface area contributed by atoms with E-state index in [-0.39, 0.29) is 7.56 Å². The summed E-state index contributed by atoms with van der Waals surface area (Å²) in [5.74, 6) is 1.14. The van der Waals surface area contributed by atoms with Crippen LogP contribution in [0.4, 0.5) is 4.32 Å². The summed E-state index contributed by atoms with van der Waals surface area (Å²) in [6.07, 6.45) is 0. The summed E-state index contributed by atoms with van der Waals surface area (Å²) < 4.78 is 10.2. The maximum Gasteiger partial charge on any atom is 0.483 e. The Labute approximate surface area is 50.2 Å². The molecule has 0 spiro atoms. The molecule has 0 fully saturated rings. The highest BCUT2D eigenvalue weighted by atomic mass is 19.1. The molecule has 0 aliphatic carbocycles. The first-order valence-corrected chi connectivity index (χ1v) is 2.07. The second kappa shape index (κ2) is 9.67. The lowest BCUT2D eigenvalue weighted by atomic mass is 10.1. The molecule has 4 heteroatoms. The Balaban J connectivity index is 0. The average Bonchev–Trinajstić information content (AvgIpc) is 1.65. The zero-order chi connectivity index (χ0) is 6.99. The second-order valence-corrected chi connectivity index (χ2v) is 1.58. The van der Waals surface area contributed by atoms with E-state index in [0.717, 1.165) is 5.97 Å². The van der Waals surface area contributed by atoms with Crippen molar-refractivity contribution in [2.45, 2.75) is 0 Å². The third-order valence-electron chi connectivity index (χ3n) is 0.0488. The summed E-state index contributed by atoms with van der Waals surface area (Å²) in [7, 11) is 5.93. The number of rotatable bonds is 0. The molecule has 1 radical (unpaired) electrons. The molecule has 0 amide bonds. The van der Waals surface area contributed by atoms with Gasteiger partial charge in [-0.25, -0.2) is 5.26 Å². The van der Waals surface area contributed by atoms with Crippen LogP contribution in [0.15, 0.2) is 0 Å². The van der Waals surface area contributed by atoms with Gasteiger partial charge in [-0.1, -0.05) is 0 Å². The van der Waals surface area contributed by atoms with Crippen LogP contribution in [0.25, 0.3) is 0 Å². The van der Waals surface area contributed by atoms with E-state index in [2.05, 4.69) is 0 Å². The predicted molar refractivity (Wildman–Crippen MR) is 32.1 cm³/mol. The van der Waals surface area contributed by atoms with Gasteiger partial charge >= 0.3 is 7.56 Å². The SMILES string of the molecule is CN(C)C.N#C[B]F. The molecule has 2 nitrogen and oxygen atoms in total. The normalized spacial score (nSPS) is 6.50. The molecule has 0 N–H and O–H groups in total. The smallest absolute Gasteiger partial charge is 0.319 e. The van der Waals surface area contributed by atoms with Gasteiger partial charge in [0.05, 0.1) is 0 Å². The van der Waals surface area contributed by atoms with Crippen LogP contribution in [-0.2, 0) is 0 Å². The first-order chi connectivity index (χ1) is 3.65. The fourth-order valence-corrected chi connectivity index (χ4v) is 0. The van der Waals surface area contributed by atoms with Crippen molar-refractivity contribution in [3.8, 4) is 5.97 Å². The standard InChI is InChI=1S/C3H9N.CBFN/c1-4(2)3;3-2-1-4/h1-3H3;. The molecule has 0 atom stereocenters. The minimum Gasteiger partial charge on any atom is -0.319 e. The molecule has 0 saturated heterocycles. The maximum absolute atomic E-state index is 10.2. The highest BCUT2D eigenvalue weighted by Crippen LogP contribution is 1.47. The van der Waals surface area contributed by atoms with Crippen molar-refractivity contribution in [1.29, 1.82) is 5.26 Å². The Morgan fingerprint density at radius 1 is 1.50 bits per heavy atom. The molecule has 0 aromatic rings. The molecule has 0 rings (SSSR count). The molecule has 0 bridgehead atoms. The molecular weight excluding hydrogens is 106 g/mol. The van der Waals surface area contributed by atoms with Crippen LogP contribution in [0, 0.1) is 11.2 Å². The van der Waals surface area contributed by atoms with Crippen molar-refractivity contribution in [3.05, 3.63) is 0 Å². The van der Waals surface area contributed by atoms with E-state index in [1.807, 2.05) is 26.0 Å². The van der Waals surface area contributed by atoms with Crippen LogP contribution >= 0.6 is 0 Å². The van der Waals surface area contributed by atoms with Gasteiger partial charge in [0.1, 0.15) is 0 Å². The third-order valence-corrected chi connectivity index (χ3v) is 0.0488. The molecular formula is C4H9BFN2. The van der Waals surface area contributed by atoms with Crippen molar-refractivity contribution < 1.29 is 4.32 Å². The monoisotopic (exact) mass is 115 g/mol. The Kier molecular flexibility index (Phi) is 12.6. The zero-order valence-corrected chi connectivity index (χ0v) is 5.35. The van der Waals surface area contributed by atoms with Gasteiger partial charge in [-0.15, -0.1) is 0 Å². The number of nitriles is 1. The fourth-order valence-electron chi connectivity index (χ4n) is 0. The zero-order valence-electron chi connectivity index (χ0n) is 5.35. The molecule has 45 valence electrons. The summed E-state index contributed by atoms with van der Waals surface area (Å²) in [4.78, 5) is 2.00. The molecule has 0 aliphatic rings. The predicted octanol–water partition coefficient (Wildman–Crippen LogP) is 0.234. The van der Waals surface area contributed by atoms with Gasteiger partial charge in [0.2, 0.25) is 0 Å². The molecule has 0 aromatic carbocycles.